The molecule has 148 valence electrons. The van der Waals surface area contributed by atoms with Gasteiger partial charge in [0.05, 0.1) is 36.4 Å². The van der Waals surface area contributed by atoms with Crippen LogP contribution in [0.25, 0.3) is 0 Å². The Morgan fingerprint density at radius 2 is 2.04 bits per heavy atom. The number of nitrogens with one attached hydrogen (secondary N) is 1. The van der Waals surface area contributed by atoms with E-state index in [4.69, 9.17) is 14.0 Å². The molecule has 0 atom stereocenters. The molecule has 1 aromatic carbocycles. The Bertz CT molecular complexity index is 875. The SMILES string of the molecule is Cc1noc(CNc2cc(S(=O)(=O)N3CCOCC3)ccc2OC(C)C)n1. The quantitative estimate of drug-likeness (QED) is 0.755. The molecule has 3 rings (SSSR count). The van der Waals surface area contributed by atoms with Gasteiger partial charge in [-0.25, -0.2) is 8.42 Å². The van der Waals surface area contributed by atoms with E-state index in [9.17, 15) is 8.42 Å². The minimum Gasteiger partial charge on any atom is -0.489 e. The lowest BCUT2D eigenvalue weighted by atomic mass is 10.3. The van der Waals surface area contributed by atoms with Crippen molar-refractivity contribution in [3.05, 3.63) is 29.9 Å². The van der Waals surface area contributed by atoms with E-state index in [-0.39, 0.29) is 17.5 Å². The van der Waals surface area contributed by atoms with Gasteiger partial charge in [0.2, 0.25) is 15.9 Å². The second-order valence-electron chi connectivity index (χ2n) is 6.43. The van der Waals surface area contributed by atoms with E-state index in [1.807, 2.05) is 13.8 Å². The maximum absolute atomic E-state index is 12.9. The Hall–Kier alpha value is -2.17. The summed E-state index contributed by atoms with van der Waals surface area (Å²) in [5.41, 5.74) is 0.550. The Balaban J connectivity index is 1.87. The molecule has 2 heterocycles. The molecule has 10 heteroatoms. The highest BCUT2D eigenvalue weighted by Gasteiger charge is 2.27. The summed E-state index contributed by atoms with van der Waals surface area (Å²) in [6.07, 6.45) is -0.0575. The van der Waals surface area contributed by atoms with Gasteiger partial charge in [-0.15, -0.1) is 0 Å². The van der Waals surface area contributed by atoms with E-state index in [1.165, 1.54) is 4.31 Å². The second kappa shape index (κ2) is 8.24. The molecule has 2 aromatic rings. The van der Waals surface area contributed by atoms with Gasteiger partial charge < -0.3 is 19.3 Å². The molecule has 0 radical (unpaired) electrons. The monoisotopic (exact) mass is 396 g/mol. The van der Waals surface area contributed by atoms with E-state index in [1.54, 1.807) is 25.1 Å². The standard InChI is InChI=1S/C17H24N4O5S/c1-12(2)25-16-5-4-14(27(22,23)21-6-8-24-9-7-21)10-15(16)18-11-17-19-13(3)20-26-17/h4-5,10,12,18H,6-9,11H2,1-3H3. The summed E-state index contributed by atoms with van der Waals surface area (Å²) < 4.78 is 43.4. The predicted molar refractivity (Wildman–Crippen MR) is 98.1 cm³/mol. The number of hydrogen-bond donors (Lipinski definition) is 1. The minimum absolute atomic E-state index is 0.0575. The number of aryl methyl sites for hydroxylation is 1. The van der Waals surface area contributed by atoms with Crippen LogP contribution in [0.3, 0.4) is 0 Å². The first kappa shape index (κ1) is 19.6. The molecule has 1 aliphatic heterocycles. The zero-order valence-electron chi connectivity index (χ0n) is 15.6. The topological polar surface area (TPSA) is 107 Å². The van der Waals surface area contributed by atoms with Crippen LogP contribution in [0.1, 0.15) is 25.6 Å². The lowest BCUT2D eigenvalue weighted by Crippen LogP contribution is -2.40. The fourth-order valence-electron chi connectivity index (χ4n) is 2.68. The molecular weight excluding hydrogens is 372 g/mol. The third-order valence-corrected chi connectivity index (χ3v) is 5.82. The van der Waals surface area contributed by atoms with Gasteiger partial charge in [0.15, 0.2) is 5.82 Å². The number of ether oxygens (including phenoxy) is 2. The average Bonchev–Trinajstić information content (AvgIpc) is 3.06. The maximum atomic E-state index is 12.9. The highest BCUT2D eigenvalue weighted by molar-refractivity contribution is 7.89. The molecule has 1 aliphatic rings. The van der Waals surface area contributed by atoms with Crippen molar-refractivity contribution in [2.45, 2.75) is 38.3 Å². The van der Waals surface area contributed by atoms with E-state index < -0.39 is 10.0 Å². The van der Waals surface area contributed by atoms with Crippen LogP contribution in [0.5, 0.6) is 5.75 Å². The van der Waals surface area contributed by atoms with Gasteiger partial charge in [0.25, 0.3) is 0 Å². The average molecular weight is 396 g/mol. The molecular formula is C17H24N4O5S. The number of aromatic nitrogens is 2. The molecule has 0 saturated carbocycles. The maximum Gasteiger partial charge on any atom is 0.245 e. The van der Waals surface area contributed by atoms with Gasteiger partial charge in [0.1, 0.15) is 5.75 Å². The molecule has 1 saturated heterocycles. The number of hydrogen-bond acceptors (Lipinski definition) is 8. The summed E-state index contributed by atoms with van der Waals surface area (Å²) in [7, 11) is -3.60. The number of benzene rings is 1. The number of nitrogens with zero attached hydrogens (tertiary/aromatic N) is 3. The van der Waals surface area contributed by atoms with Crippen molar-refractivity contribution in [3.63, 3.8) is 0 Å². The number of morpholine rings is 1. The van der Waals surface area contributed by atoms with Crippen molar-refractivity contribution >= 4 is 15.7 Å². The number of anilines is 1. The van der Waals surface area contributed by atoms with E-state index in [0.29, 0.717) is 49.5 Å². The first-order chi connectivity index (χ1) is 12.9. The van der Waals surface area contributed by atoms with Crippen molar-refractivity contribution in [2.24, 2.45) is 0 Å². The van der Waals surface area contributed by atoms with Gasteiger partial charge >= 0.3 is 0 Å². The molecule has 1 N–H and O–H groups in total. The summed E-state index contributed by atoms with van der Waals surface area (Å²) in [6, 6.07) is 4.80. The highest BCUT2D eigenvalue weighted by Crippen LogP contribution is 2.30. The fraction of sp³-hybridized carbons (Fsp3) is 0.529. The summed E-state index contributed by atoms with van der Waals surface area (Å²) in [4.78, 5) is 4.34. The van der Waals surface area contributed by atoms with Crippen LogP contribution in [0.2, 0.25) is 0 Å². The molecule has 0 unspecified atom stereocenters. The summed E-state index contributed by atoms with van der Waals surface area (Å²) >= 11 is 0. The molecule has 0 bridgehead atoms. The number of rotatable bonds is 7. The van der Waals surface area contributed by atoms with Crippen LogP contribution in [0.15, 0.2) is 27.6 Å². The Morgan fingerprint density at radius 1 is 1.30 bits per heavy atom. The lowest BCUT2D eigenvalue weighted by molar-refractivity contribution is 0.0730. The van der Waals surface area contributed by atoms with Gasteiger partial charge in [-0.2, -0.15) is 9.29 Å². The summed E-state index contributed by atoms with van der Waals surface area (Å²) in [5, 5.41) is 6.88. The van der Waals surface area contributed by atoms with Gasteiger partial charge in [-0.1, -0.05) is 5.16 Å². The largest absolute Gasteiger partial charge is 0.489 e. The third kappa shape index (κ3) is 4.76. The van der Waals surface area contributed by atoms with Crippen LogP contribution >= 0.6 is 0 Å². The van der Waals surface area contributed by atoms with E-state index in [0.717, 1.165) is 0 Å². The first-order valence-electron chi connectivity index (χ1n) is 8.78. The van der Waals surface area contributed by atoms with Crippen molar-refractivity contribution in [2.75, 3.05) is 31.6 Å². The van der Waals surface area contributed by atoms with Crippen molar-refractivity contribution in [3.8, 4) is 5.75 Å². The second-order valence-corrected chi connectivity index (χ2v) is 8.37. The van der Waals surface area contributed by atoms with E-state index in [2.05, 4.69) is 15.5 Å². The zero-order valence-corrected chi connectivity index (χ0v) is 16.5. The van der Waals surface area contributed by atoms with Crippen LogP contribution in [0.4, 0.5) is 5.69 Å². The lowest BCUT2D eigenvalue weighted by Gasteiger charge is -2.26. The van der Waals surface area contributed by atoms with E-state index >= 15 is 0 Å². The van der Waals surface area contributed by atoms with Crippen LogP contribution in [0, 0.1) is 6.92 Å². The Kier molecular flexibility index (Phi) is 5.98. The first-order valence-corrected chi connectivity index (χ1v) is 10.2. The molecule has 9 nitrogen and oxygen atoms in total. The Morgan fingerprint density at radius 3 is 2.67 bits per heavy atom. The minimum atomic E-state index is -3.60. The fourth-order valence-corrected chi connectivity index (χ4v) is 4.12. The van der Waals surface area contributed by atoms with Gasteiger partial charge in [-0.05, 0) is 39.0 Å². The smallest absolute Gasteiger partial charge is 0.245 e. The van der Waals surface area contributed by atoms with Crippen LogP contribution in [-0.4, -0.2) is 55.3 Å². The van der Waals surface area contributed by atoms with Gasteiger partial charge in [0, 0.05) is 13.1 Å². The van der Waals surface area contributed by atoms with Crippen molar-refractivity contribution in [1.29, 1.82) is 0 Å². The zero-order chi connectivity index (χ0) is 19.4. The molecule has 1 fully saturated rings. The number of sulfonamides is 1. The molecule has 27 heavy (non-hydrogen) atoms. The normalized spacial score (nSPS) is 15.9. The molecule has 0 amide bonds. The van der Waals surface area contributed by atoms with Crippen LogP contribution < -0.4 is 10.1 Å². The summed E-state index contributed by atoms with van der Waals surface area (Å²) in [6.45, 7) is 7.29. The van der Waals surface area contributed by atoms with Gasteiger partial charge in [-0.3, -0.25) is 0 Å². The molecule has 0 spiro atoms. The third-order valence-electron chi connectivity index (χ3n) is 3.92. The predicted octanol–water partition coefficient (Wildman–Crippen LogP) is 1.80. The van der Waals surface area contributed by atoms with Crippen LogP contribution in [-0.2, 0) is 21.3 Å². The van der Waals surface area contributed by atoms with Crippen molar-refractivity contribution < 1.29 is 22.4 Å². The Labute approximate surface area is 158 Å². The molecule has 1 aromatic heterocycles. The summed E-state index contributed by atoms with van der Waals surface area (Å²) in [5.74, 6) is 1.50. The molecule has 0 aliphatic carbocycles. The highest BCUT2D eigenvalue weighted by atomic mass is 32.2. The van der Waals surface area contributed by atoms with Crippen molar-refractivity contribution in [1.82, 2.24) is 14.4 Å².